The summed E-state index contributed by atoms with van der Waals surface area (Å²) in [4.78, 5) is 20.5. The van der Waals surface area contributed by atoms with Gasteiger partial charge in [-0.25, -0.2) is 9.78 Å². The van der Waals surface area contributed by atoms with E-state index in [0.29, 0.717) is 13.1 Å². The van der Waals surface area contributed by atoms with Crippen LogP contribution in [-0.2, 0) is 13.0 Å². The van der Waals surface area contributed by atoms with Crippen LogP contribution < -0.4 is 10.1 Å². The minimum Gasteiger partial charge on any atom is -0.497 e. The van der Waals surface area contributed by atoms with E-state index >= 15 is 0 Å². The number of urea groups is 1. The number of anilines is 1. The first-order valence-electron chi connectivity index (χ1n) is 9.29. The fourth-order valence-corrected chi connectivity index (χ4v) is 4.38. The molecule has 4 rings (SSSR count). The molecule has 0 atom stereocenters. The monoisotopic (exact) mass is 393 g/mol. The van der Waals surface area contributed by atoms with E-state index in [1.165, 1.54) is 11.1 Å². The highest BCUT2D eigenvalue weighted by Crippen LogP contribution is 2.32. The van der Waals surface area contributed by atoms with E-state index in [0.717, 1.165) is 39.0 Å². The number of methoxy groups -OCH3 is 1. The fraction of sp³-hybridized carbons (Fsp3) is 0.273. The zero-order valence-electron chi connectivity index (χ0n) is 16.3. The number of thiazole rings is 1. The minimum atomic E-state index is -0.0618. The third-order valence-corrected chi connectivity index (χ3v) is 6.25. The van der Waals surface area contributed by atoms with E-state index in [-0.39, 0.29) is 6.03 Å². The van der Waals surface area contributed by atoms with Crippen LogP contribution in [0.4, 0.5) is 10.5 Å². The smallest absolute Gasteiger partial charge is 0.322 e. The van der Waals surface area contributed by atoms with Crippen LogP contribution in [0.5, 0.6) is 5.75 Å². The van der Waals surface area contributed by atoms with Gasteiger partial charge in [0.15, 0.2) is 0 Å². The number of hydrogen-bond donors (Lipinski definition) is 1. The third-order valence-electron chi connectivity index (χ3n) is 5.11. The largest absolute Gasteiger partial charge is 0.497 e. The number of amides is 2. The molecule has 2 amide bonds. The van der Waals surface area contributed by atoms with Crippen LogP contribution in [0.15, 0.2) is 42.5 Å². The van der Waals surface area contributed by atoms with Crippen molar-refractivity contribution in [1.29, 1.82) is 0 Å². The van der Waals surface area contributed by atoms with Gasteiger partial charge in [0.1, 0.15) is 10.8 Å². The molecule has 144 valence electrons. The Bertz CT molecular complexity index is 1010. The summed E-state index contributed by atoms with van der Waals surface area (Å²) in [5, 5.41) is 4.01. The number of hydrogen-bond acceptors (Lipinski definition) is 4. The van der Waals surface area contributed by atoms with Crippen LogP contribution in [0, 0.1) is 13.8 Å². The summed E-state index contributed by atoms with van der Waals surface area (Å²) in [5.74, 6) is 0.833. The molecule has 0 radical (unpaired) electrons. The second-order valence-corrected chi connectivity index (χ2v) is 8.10. The Labute approximate surface area is 169 Å². The van der Waals surface area contributed by atoms with Crippen molar-refractivity contribution < 1.29 is 9.53 Å². The van der Waals surface area contributed by atoms with Crippen molar-refractivity contribution >= 4 is 23.1 Å². The molecule has 2 heterocycles. The molecule has 3 aromatic rings. The molecule has 0 unspecified atom stereocenters. The lowest BCUT2D eigenvalue weighted by Crippen LogP contribution is -2.38. The van der Waals surface area contributed by atoms with Crippen molar-refractivity contribution in [2.45, 2.75) is 26.8 Å². The first-order valence-corrected chi connectivity index (χ1v) is 10.1. The third kappa shape index (κ3) is 3.73. The van der Waals surface area contributed by atoms with Crippen molar-refractivity contribution in [2.24, 2.45) is 0 Å². The van der Waals surface area contributed by atoms with Gasteiger partial charge in [-0.1, -0.05) is 6.07 Å². The van der Waals surface area contributed by atoms with Crippen LogP contribution in [0.3, 0.4) is 0 Å². The van der Waals surface area contributed by atoms with Gasteiger partial charge in [0.05, 0.1) is 19.3 Å². The standard InChI is InChI=1S/C22H23N3O2S/c1-14-4-7-17(12-15(14)2)23-22(26)25-11-10-19-20(13-25)28-21(24-19)16-5-8-18(27-3)9-6-16/h4-9,12H,10-11,13H2,1-3H3,(H,23,26). The van der Waals surface area contributed by atoms with E-state index in [4.69, 9.17) is 9.72 Å². The summed E-state index contributed by atoms with van der Waals surface area (Å²) in [6.45, 7) is 5.39. The highest BCUT2D eigenvalue weighted by Gasteiger charge is 2.24. The molecule has 0 aliphatic carbocycles. The number of carbonyl (C=O) groups excluding carboxylic acids is 1. The van der Waals surface area contributed by atoms with Gasteiger partial charge in [0, 0.05) is 29.1 Å². The Hall–Kier alpha value is -2.86. The van der Waals surface area contributed by atoms with Crippen molar-refractivity contribution in [3.05, 3.63) is 64.2 Å². The van der Waals surface area contributed by atoms with Crippen LogP contribution in [0.1, 0.15) is 21.7 Å². The van der Waals surface area contributed by atoms with Crippen molar-refractivity contribution in [3.8, 4) is 16.3 Å². The molecular formula is C22H23N3O2S. The fourth-order valence-electron chi connectivity index (χ4n) is 3.25. The average Bonchev–Trinajstić information content (AvgIpc) is 3.14. The summed E-state index contributed by atoms with van der Waals surface area (Å²) in [5.41, 5.74) is 5.40. The van der Waals surface area contributed by atoms with Gasteiger partial charge in [-0.3, -0.25) is 0 Å². The predicted octanol–water partition coefficient (Wildman–Crippen LogP) is 5.03. The number of carbonyl (C=O) groups is 1. The zero-order chi connectivity index (χ0) is 19.7. The lowest BCUT2D eigenvalue weighted by Gasteiger charge is -2.26. The summed E-state index contributed by atoms with van der Waals surface area (Å²) >= 11 is 1.66. The number of benzene rings is 2. The Kier molecular flexibility index (Phi) is 5.05. The maximum absolute atomic E-state index is 12.7. The molecule has 0 saturated heterocycles. The zero-order valence-corrected chi connectivity index (χ0v) is 17.1. The number of aromatic nitrogens is 1. The Balaban J connectivity index is 1.47. The Morgan fingerprint density at radius 3 is 2.64 bits per heavy atom. The van der Waals surface area contributed by atoms with Gasteiger partial charge in [0.2, 0.25) is 0 Å². The van der Waals surface area contributed by atoms with E-state index in [2.05, 4.69) is 19.2 Å². The highest BCUT2D eigenvalue weighted by molar-refractivity contribution is 7.15. The van der Waals surface area contributed by atoms with Gasteiger partial charge in [-0.05, 0) is 61.4 Å². The maximum Gasteiger partial charge on any atom is 0.322 e. The van der Waals surface area contributed by atoms with E-state index in [9.17, 15) is 4.79 Å². The number of nitrogens with zero attached hydrogens (tertiary/aromatic N) is 2. The molecule has 1 aromatic heterocycles. The van der Waals surface area contributed by atoms with Crippen molar-refractivity contribution in [2.75, 3.05) is 19.0 Å². The molecule has 28 heavy (non-hydrogen) atoms. The van der Waals surface area contributed by atoms with Crippen LogP contribution >= 0.6 is 11.3 Å². The van der Waals surface area contributed by atoms with Crippen LogP contribution in [-0.4, -0.2) is 29.6 Å². The van der Waals surface area contributed by atoms with E-state index in [1.54, 1.807) is 18.4 Å². The molecular weight excluding hydrogens is 370 g/mol. The van der Waals surface area contributed by atoms with Gasteiger partial charge in [-0.15, -0.1) is 11.3 Å². The van der Waals surface area contributed by atoms with Crippen LogP contribution in [0.25, 0.3) is 10.6 Å². The van der Waals surface area contributed by atoms with Gasteiger partial charge >= 0.3 is 6.03 Å². The lowest BCUT2D eigenvalue weighted by molar-refractivity contribution is 0.207. The Morgan fingerprint density at radius 1 is 1.14 bits per heavy atom. The van der Waals surface area contributed by atoms with E-state index < -0.39 is 0 Å². The molecule has 0 spiro atoms. The summed E-state index contributed by atoms with van der Waals surface area (Å²) in [6.07, 6.45) is 0.780. The second kappa shape index (κ2) is 7.64. The average molecular weight is 394 g/mol. The van der Waals surface area contributed by atoms with E-state index in [1.807, 2.05) is 47.4 Å². The number of nitrogens with one attached hydrogen (secondary N) is 1. The molecule has 1 aliphatic rings. The lowest BCUT2D eigenvalue weighted by atomic mass is 10.1. The molecule has 2 aromatic carbocycles. The number of aryl methyl sites for hydroxylation is 2. The molecule has 0 bridgehead atoms. The van der Waals surface area contributed by atoms with Gasteiger partial charge < -0.3 is 15.0 Å². The van der Waals surface area contributed by atoms with Gasteiger partial charge in [-0.2, -0.15) is 0 Å². The summed E-state index contributed by atoms with van der Waals surface area (Å²) in [6, 6.07) is 13.9. The predicted molar refractivity (Wildman–Crippen MR) is 113 cm³/mol. The number of rotatable bonds is 3. The van der Waals surface area contributed by atoms with Crippen molar-refractivity contribution in [3.63, 3.8) is 0 Å². The highest BCUT2D eigenvalue weighted by atomic mass is 32.1. The second-order valence-electron chi connectivity index (χ2n) is 7.02. The number of ether oxygens (including phenoxy) is 1. The molecule has 5 nitrogen and oxygen atoms in total. The first-order chi connectivity index (χ1) is 13.5. The SMILES string of the molecule is COc1ccc(-c2nc3c(s2)CN(C(=O)Nc2ccc(C)c(C)c2)CC3)cc1. The Morgan fingerprint density at radius 2 is 1.93 bits per heavy atom. The first kappa shape index (κ1) is 18.5. The normalized spacial score (nSPS) is 13.2. The van der Waals surface area contributed by atoms with Crippen molar-refractivity contribution in [1.82, 2.24) is 9.88 Å². The minimum absolute atomic E-state index is 0.0618. The molecule has 6 heteroatoms. The molecule has 1 aliphatic heterocycles. The summed E-state index contributed by atoms with van der Waals surface area (Å²) < 4.78 is 5.22. The number of fused-ring (bicyclic) bond motifs is 1. The van der Waals surface area contributed by atoms with Gasteiger partial charge in [0.25, 0.3) is 0 Å². The quantitative estimate of drug-likeness (QED) is 0.679. The molecule has 1 N–H and O–H groups in total. The molecule has 0 saturated carbocycles. The molecule has 0 fully saturated rings. The maximum atomic E-state index is 12.7. The summed E-state index contributed by atoms with van der Waals surface area (Å²) in [7, 11) is 1.66. The van der Waals surface area contributed by atoms with Crippen LogP contribution in [0.2, 0.25) is 0 Å². The topological polar surface area (TPSA) is 54.5 Å².